The zero-order valence-corrected chi connectivity index (χ0v) is 43.5. The number of alkyl halides is 3. The molecule has 3 aliphatic rings. The molecule has 0 aliphatic carbocycles. The second-order valence-electron chi connectivity index (χ2n) is 21.1. The van der Waals surface area contributed by atoms with Gasteiger partial charge in [0, 0.05) is 26.2 Å². The van der Waals surface area contributed by atoms with Gasteiger partial charge in [0.2, 0.25) is 5.88 Å². The summed E-state index contributed by atoms with van der Waals surface area (Å²) >= 11 is 0. The van der Waals surface area contributed by atoms with Gasteiger partial charge in [-0.05, 0) is 163 Å². The summed E-state index contributed by atoms with van der Waals surface area (Å²) in [7, 11) is 2.26. The van der Waals surface area contributed by atoms with E-state index in [0.29, 0.717) is 12.5 Å². The number of amides is 2. The van der Waals surface area contributed by atoms with Crippen LogP contribution in [0, 0.1) is 11.8 Å². The van der Waals surface area contributed by atoms with Crippen LogP contribution in [0.1, 0.15) is 113 Å². The van der Waals surface area contributed by atoms with Gasteiger partial charge < -0.3 is 32.8 Å². The van der Waals surface area contributed by atoms with E-state index in [4.69, 9.17) is 18.8 Å². The van der Waals surface area contributed by atoms with Crippen LogP contribution < -0.4 is 5.46 Å². The van der Waals surface area contributed by atoms with E-state index in [1.165, 1.54) is 11.1 Å². The molecule has 0 aromatic heterocycles. The van der Waals surface area contributed by atoms with Crippen LogP contribution in [0.4, 0.5) is 22.8 Å². The normalized spacial score (nSPS) is 19.7. The highest BCUT2D eigenvalue weighted by Gasteiger charge is 2.52. The van der Waals surface area contributed by atoms with Crippen molar-refractivity contribution in [3.05, 3.63) is 83.3 Å². The van der Waals surface area contributed by atoms with Crippen LogP contribution in [0.25, 0.3) is 5.70 Å². The van der Waals surface area contributed by atoms with E-state index in [9.17, 15) is 31.2 Å². The number of hydrogen-bond donors (Lipinski definition) is 0. The average molecular weight is 965 g/mol. The van der Waals surface area contributed by atoms with E-state index >= 15 is 0 Å². The number of nitrogens with zero attached hydrogens (tertiary/aromatic N) is 4. The van der Waals surface area contributed by atoms with Crippen LogP contribution in [0.15, 0.2) is 66.6 Å². The van der Waals surface area contributed by atoms with Gasteiger partial charge in [0.15, 0.2) is 0 Å². The van der Waals surface area contributed by atoms with Crippen molar-refractivity contribution >= 4 is 40.6 Å². The fourth-order valence-electron chi connectivity index (χ4n) is 6.65. The molecule has 1 saturated heterocycles. The minimum absolute atomic E-state index is 0.00583. The predicted octanol–water partition coefficient (Wildman–Crippen LogP) is 9.47. The van der Waals surface area contributed by atoms with Gasteiger partial charge in [-0.15, -0.1) is 0 Å². The highest BCUT2D eigenvalue weighted by molar-refractivity contribution is 7.87. The number of allylic oxidation sites excluding steroid dienone is 2. The lowest BCUT2D eigenvalue weighted by atomic mass is 9.79. The summed E-state index contributed by atoms with van der Waals surface area (Å²) in [5.41, 5.74) is -1.70. The van der Waals surface area contributed by atoms with E-state index in [0.717, 1.165) is 60.1 Å². The Kier molecular flexibility index (Phi) is 19.6. The monoisotopic (exact) mass is 965 g/mol. The average Bonchev–Trinajstić information content (AvgIpc) is 3.41. The Morgan fingerprint density at radius 2 is 1.10 bits per heavy atom. The summed E-state index contributed by atoms with van der Waals surface area (Å²) in [6.45, 7) is 25.5. The van der Waals surface area contributed by atoms with E-state index in [1.807, 2.05) is 20.8 Å². The second-order valence-corrected chi connectivity index (χ2v) is 22.6. The zero-order valence-electron chi connectivity index (χ0n) is 42.7. The molecule has 2 aromatic rings. The molecule has 67 heavy (non-hydrogen) atoms. The van der Waals surface area contributed by atoms with Gasteiger partial charge in [-0.2, -0.15) is 21.6 Å². The second kappa shape index (κ2) is 23.0. The minimum atomic E-state index is -5.84. The van der Waals surface area contributed by atoms with Gasteiger partial charge in [-0.25, -0.2) is 14.5 Å². The lowest BCUT2D eigenvalue weighted by Gasteiger charge is -2.34. The van der Waals surface area contributed by atoms with Crippen LogP contribution in [0.5, 0.6) is 0 Å². The molecule has 0 bridgehead atoms. The van der Waals surface area contributed by atoms with Gasteiger partial charge in [0.25, 0.3) is 0 Å². The van der Waals surface area contributed by atoms with Gasteiger partial charge in [0.1, 0.15) is 11.2 Å². The van der Waals surface area contributed by atoms with Gasteiger partial charge in [0.05, 0.1) is 16.9 Å². The fourth-order valence-corrected chi connectivity index (χ4v) is 7.13. The Bertz CT molecular complexity index is 2100. The summed E-state index contributed by atoms with van der Waals surface area (Å²) in [6.07, 6.45) is 5.41. The highest BCUT2D eigenvalue weighted by Crippen LogP contribution is 2.37. The van der Waals surface area contributed by atoms with Crippen molar-refractivity contribution in [3.8, 4) is 0 Å². The summed E-state index contributed by atoms with van der Waals surface area (Å²) in [5, 5.41) is 0. The third-order valence-corrected chi connectivity index (χ3v) is 12.1. The molecule has 13 nitrogen and oxygen atoms in total. The molecule has 0 saturated carbocycles. The third kappa shape index (κ3) is 18.1. The highest BCUT2D eigenvalue weighted by atomic mass is 32.2. The zero-order chi connectivity index (χ0) is 50.9. The molecule has 0 radical (unpaired) electrons. The van der Waals surface area contributed by atoms with Crippen molar-refractivity contribution < 1.29 is 54.1 Å². The number of ether oxygens (including phenoxy) is 2. The van der Waals surface area contributed by atoms with Crippen LogP contribution in [0.3, 0.4) is 0 Å². The number of rotatable bonds is 10. The maximum atomic E-state index is 12.6. The predicted molar refractivity (Wildman–Crippen MR) is 259 cm³/mol. The first-order valence-electron chi connectivity index (χ1n) is 22.8. The number of halogens is 3. The molecule has 3 heterocycles. The van der Waals surface area contributed by atoms with E-state index in [1.54, 1.807) is 32.6 Å². The van der Waals surface area contributed by atoms with E-state index in [-0.39, 0.29) is 43.3 Å². The smallest absolute Gasteiger partial charge is 0.443 e. The number of carbonyl (C=O) groups excluding carboxylic acids is 2. The third-order valence-electron chi connectivity index (χ3n) is 11.1. The van der Waals surface area contributed by atoms with Crippen LogP contribution >= 0.6 is 0 Å². The molecule has 18 heteroatoms. The summed E-state index contributed by atoms with van der Waals surface area (Å²) < 4.78 is 86.2. The molecule has 2 aromatic carbocycles. The van der Waals surface area contributed by atoms with Crippen molar-refractivity contribution in [2.24, 2.45) is 11.8 Å². The first-order valence-corrected chi connectivity index (χ1v) is 24.3. The molecular formula is C49H76BF3N4O9S. The standard InChI is InChI=1S/C21H32N2O2.C16H26BNO2.C12H18F3NO5S/c1-16-7-12-19(23(15-16)20(24)25-21(2,3)4)18-10-8-17(9-11-18)13-14-22(5)6;1-15(2)16(3,4)20-17(19-15)14-9-7-13(8-10-14)11-12-18(5)6;1-8-5-6-9(21-22(18,19)12(13,14)15)16(7-8)10(17)20-11(2,3)4/h8-12,16H,7,13-15H2,1-6H3;7-10H,11-12H2,1-6H3;6,8H,5,7H2,1-4H3/t16-;;8-/m0.0/s1. The van der Waals surface area contributed by atoms with Gasteiger partial charge >= 0.3 is 34.9 Å². The maximum Gasteiger partial charge on any atom is 0.534 e. The van der Waals surface area contributed by atoms with Crippen molar-refractivity contribution in [3.63, 3.8) is 0 Å². The number of hydrogen-bond acceptors (Lipinski definition) is 11. The molecule has 0 spiro atoms. The molecule has 3 aliphatic heterocycles. The Hall–Kier alpha value is -4.10. The van der Waals surface area contributed by atoms with Gasteiger partial charge in [-0.1, -0.05) is 68.5 Å². The van der Waals surface area contributed by atoms with Crippen molar-refractivity contribution in [1.29, 1.82) is 0 Å². The Labute approximate surface area is 399 Å². The lowest BCUT2D eigenvalue weighted by Crippen LogP contribution is -2.42. The largest absolute Gasteiger partial charge is 0.534 e. The number of likely N-dealkylation sites (N-methyl/N-ethyl adjacent to an activating group) is 2. The SMILES string of the molecule is CN(C)CCc1ccc(B2OC(C)(C)C(C)(C)O2)cc1.C[C@H]1CC=C(OS(=O)(=O)C(F)(F)F)N(C(=O)OC(C)(C)C)C1.C[C@H]1CC=C(c2ccc(CCN(C)C)cc2)N(C(=O)OC(C)(C)C)C1. The number of benzene rings is 2. The molecular weight excluding hydrogens is 888 g/mol. The van der Waals surface area contributed by atoms with E-state index < -0.39 is 38.8 Å². The summed E-state index contributed by atoms with van der Waals surface area (Å²) in [5.74, 6) is -0.325. The Balaban J connectivity index is 0.000000268. The minimum Gasteiger partial charge on any atom is -0.443 e. The van der Waals surface area contributed by atoms with Crippen molar-refractivity contribution in [2.45, 2.75) is 137 Å². The molecule has 2 amide bonds. The topological polar surface area (TPSA) is 127 Å². The molecule has 376 valence electrons. The van der Waals surface area contributed by atoms with Crippen LogP contribution in [-0.4, -0.2) is 130 Å². The maximum absolute atomic E-state index is 12.6. The fraction of sp³-hybridized carbons (Fsp3) is 0.633. The first-order chi connectivity index (χ1) is 30.6. The summed E-state index contributed by atoms with van der Waals surface area (Å²) in [6, 6.07) is 17.1. The molecule has 2 atom stereocenters. The molecule has 1 fully saturated rings. The molecule has 0 unspecified atom stereocenters. The summed E-state index contributed by atoms with van der Waals surface area (Å²) in [4.78, 5) is 31.6. The molecule has 0 N–H and O–H groups in total. The Morgan fingerprint density at radius 1 is 0.701 bits per heavy atom. The quantitative estimate of drug-likeness (QED) is 0.128. The van der Waals surface area contributed by atoms with Crippen molar-refractivity contribution in [2.75, 3.05) is 54.4 Å². The van der Waals surface area contributed by atoms with Gasteiger partial charge in [-0.3, -0.25) is 4.90 Å². The first kappa shape index (κ1) is 57.2. The Morgan fingerprint density at radius 3 is 1.52 bits per heavy atom. The molecule has 5 rings (SSSR count). The lowest BCUT2D eigenvalue weighted by molar-refractivity contribution is -0.0546. The van der Waals surface area contributed by atoms with Crippen LogP contribution in [-0.2, 0) is 45.9 Å². The van der Waals surface area contributed by atoms with E-state index in [2.05, 4.69) is 131 Å². The number of carbonyl (C=O) groups is 2. The van der Waals surface area contributed by atoms with Crippen LogP contribution in [0.2, 0.25) is 0 Å². The van der Waals surface area contributed by atoms with Crippen molar-refractivity contribution in [1.82, 2.24) is 19.6 Å².